The molecule has 0 amide bonds. The zero-order valence-corrected chi connectivity index (χ0v) is 21.3. The van der Waals surface area contributed by atoms with Crippen molar-refractivity contribution in [1.82, 2.24) is 35.3 Å². The van der Waals surface area contributed by atoms with E-state index in [1.54, 1.807) is 0 Å². The van der Waals surface area contributed by atoms with Crippen molar-refractivity contribution in [3.8, 4) is 0 Å². The van der Waals surface area contributed by atoms with Crippen molar-refractivity contribution in [2.45, 2.75) is 46.2 Å². The molecule has 35 heavy (non-hydrogen) atoms. The molecule has 6 N–H and O–H groups in total. The van der Waals surface area contributed by atoms with Crippen LogP contribution in [0.25, 0.3) is 0 Å². The maximum atomic E-state index is 6.18. The maximum Gasteiger partial charge on any atom is 0.203 e. The molecule has 0 aliphatic carbocycles. The first kappa shape index (κ1) is 24.2. The van der Waals surface area contributed by atoms with E-state index in [0.717, 1.165) is 23.3 Å². The van der Waals surface area contributed by atoms with E-state index in [9.17, 15) is 0 Å². The van der Waals surface area contributed by atoms with Gasteiger partial charge in [-0.25, -0.2) is 20.0 Å². The number of aliphatic imine (C=N–C) groups is 4. The number of aromatic amines is 2. The summed E-state index contributed by atoms with van der Waals surface area (Å²) in [7, 11) is 5.90. The summed E-state index contributed by atoms with van der Waals surface area (Å²) in [5, 5.41) is 6.48. The predicted molar refractivity (Wildman–Crippen MR) is 140 cm³/mol. The third-order valence-corrected chi connectivity index (χ3v) is 6.01. The summed E-state index contributed by atoms with van der Waals surface area (Å²) >= 11 is 0. The number of aromatic nitrogens is 2. The van der Waals surface area contributed by atoms with Gasteiger partial charge in [0.2, 0.25) is 17.9 Å². The van der Waals surface area contributed by atoms with E-state index in [4.69, 9.17) is 15.7 Å². The van der Waals surface area contributed by atoms with Gasteiger partial charge in [-0.15, -0.1) is 0 Å². The summed E-state index contributed by atoms with van der Waals surface area (Å²) in [6.45, 7) is 7.92. The lowest BCUT2D eigenvalue weighted by Gasteiger charge is -2.34. The van der Waals surface area contributed by atoms with Crippen LogP contribution >= 0.6 is 0 Å². The summed E-state index contributed by atoms with van der Waals surface area (Å²) in [5.74, 6) is 2.52. The molecule has 4 heterocycles. The minimum absolute atomic E-state index is 0.199. The van der Waals surface area contributed by atoms with Gasteiger partial charge in [0.1, 0.15) is 6.17 Å². The first-order valence-electron chi connectivity index (χ1n) is 11.7. The van der Waals surface area contributed by atoms with E-state index in [-0.39, 0.29) is 6.17 Å². The molecule has 12 heteroatoms. The van der Waals surface area contributed by atoms with Crippen LogP contribution in [0, 0.1) is 13.8 Å². The van der Waals surface area contributed by atoms with Crippen molar-refractivity contribution in [2.75, 3.05) is 27.7 Å². The summed E-state index contributed by atoms with van der Waals surface area (Å²) in [6.07, 6.45) is 3.29. The number of guanidine groups is 4. The number of nitrogens with zero attached hydrogens (tertiary/aromatic N) is 7. The van der Waals surface area contributed by atoms with Crippen LogP contribution in [-0.2, 0) is 13.1 Å². The Labute approximate surface area is 206 Å². The Morgan fingerprint density at radius 1 is 0.829 bits per heavy atom. The minimum atomic E-state index is -0.401. The number of nitrogens with two attached hydrogens (primary N) is 1. The van der Waals surface area contributed by atoms with Crippen molar-refractivity contribution in [2.24, 2.45) is 25.7 Å². The van der Waals surface area contributed by atoms with Crippen LogP contribution in [0.1, 0.15) is 29.4 Å². The molecule has 2 atom stereocenters. The SMILES string of the molecule is Cc1[nH]ccc1CN(C)C1=NC(CN(Cc2cc[nH]c2C)C2=NC(C)N=C(N(C)C)N2)N=C(N)N1. The van der Waals surface area contributed by atoms with Gasteiger partial charge in [0.15, 0.2) is 12.1 Å². The van der Waals surface area contributed by atoms with Crippen LogP contribution < -0.4 is 16.4 Å². The molecule has 2 aliphatic heterocycles. The first-order chi connectivity index (χ1) is 16.7. The Bertz CT molecular complexity index is 1150. The van der Waals surface area contributed by atoms with E-state index >= 15 is 0 Å². The topological polar surface area (TPSA) is 141 Å². The zero-order valence-electron chi connectivity index (χ0n) is 21.3. The third kappa shape index (κ3) is 5.76. The molecule has 0 saturated carbocycles. The smallest absolute Gasteiger partial charge is 0.203 e. The molecule has 0 spiro atoms. The lowest BCUT2D eigenvalue weighted by Crippen LogP contribution is -2.54. The standard InChI is InChI=1S/C23H36N12/c1-14-17(7-9-25-14)11-34(6)22-30-19(29-20(24)31-22)13-35(12-18-8-10-26-15(18)2)23-28-16(3)27-21(32-23)33(4)5/h7-10,16,19,25-26H,11-13H2,1-6H3,(H,27,28,32)(H3,24,29,30,31). The van der Waals surface area contributed by atoms with Crippen molar-refractivity contribution >= 4 is 23.8 Å². The Hall–Kier alpha value is -3.96. The second kappa shape index (κ2) is 10.1. The summed E-state index contributed by atoms with van der Waals surface area (Å²) in [5.41, 5.74) is 10.8. The van der Waals surface area contributed by atoms with Crippen molar-refractivity contribution < 1.29 is 0 Å². The number of H-pyrrole nitrogens is 2. The van der Waals surface area contributed by atoms with Gasteiger partial charge in [-0.2, -0.15) is 0 Å². The normalized spacial score (nSPS) is 19.6. The van der Waals surface area contributed by atoms with Crippen LogP contribution in [-0.4, -0.2) is 88.5 Å². The fourth-order valence-electron chi connectivity index (χ4n) is 3.99. The molecule has 0 aromatic carbocycles. The molecule has 2 aromatic rings. The largest absolute Gasteiger partial charge is 0.370 e. The second-order valence-electron chi connectivity index (χ2n) is 9.12. The molecule has 0 bridgehead atoms. The average molecular weight is 481 g/mol. The molecule has 4 rings (SSSR count). The highest BCUT2D eigenvalue weighted by atomic mass is 15.4. The highest BCUT2D eigenvalue weighted by Gasteiger charge is 2.26. The Morgan fingerprint density at radius 3 is 2.06 bits per heavy atom. The van der Waals surface area contributed by atoms with Crippen LogP contribution in [0.4, 0.5) is 0 Å². The number of aryl methyl sites for hydroxylation is 2. The van der Waals surface area contributed by atoms with E-state index in [0.29, 0.717) is 31.6 Å². The molecule has 2 unspecified atom stereocenters. The van der Waals surface area contributed by atoms with Crippen molar-refractivity contribution in [3.63, 3.8) is 0 Å². The number of hydrogen-bond donors (Lipinski definition) is 5. The molecule has 2 aliphatic rings. The van der Waals surface area contributed by atoms with Gasteiger partial charge in [-0.05, 0) is 44.0 Å². The van der Waals surface area contributed by atoms with E-state index in [2.05, 4.69) is 61.5 Å². The zero-order chi connectivity index (χ0) is 25.1. The molecule has 188 valence electrons. The predicted octanol–water partition coefficient (Wildman–Crippen LogP) is 0.716. The summed E-state index contributed by atoms with van der Waals surface area (Å²) in [4.78, 5) is 31.4. The number of hydrogen-bond acceptors (Lipinski definition) is 10. The van der Waals surface area contributed by atoms with E-state index in [1.807, 2.05) is 50.3 Å². The van der Waals surface area contributed by atoms with Gasteiger partial charge in [0, 0.05) is 58.0 Å². The summed E-state index contributed by atoms with van der Waals surface area (Å²) < 4.78 is 0. The maximum absolute atomic E-state index is 6.18. The third-order valence-electron chi connectivity index (χ3n) is 6.01. The van der Waals surface area contributed by atoms with Crippen LogP contribution in [0.15, 0.2) is 44.5 Å². The van der Waals surface area contributed by atoms with Crippen molar-refractivity contribution in [3.05, 3.63) is 47.0 Å². The average Bonchev–Trinajstić information content (AvgIpc) is 3.40. The molecular formula is C23H36N12. The number of nitrogens with one attached hydrogen (secondary N) is 4. The molecule has 12 nitrogen and oxygen atoms in total. The van der Waals surface area contributed by atoms with Gasteiger partial charge >= 0.3 is 0 Å². The van der Waals surface area contributed by atoms with Crippen LogP contribution in [0.3, 0.4) is 0 Å². The lowest BCUT2D eigenvalue weighted by molar-refractivity contribution is 0.362. The molecule has 0 fully saturated rings. The Morgan fingerprint density at radius 2 is 1.46 bits per heavy atom. The molecular weight excluding hydrogens is 444 g/mol. The van der Waals surface area contributed by atoms with Crippen LogP contribution in [0.2, 0.25) is 0 Å². The fourth-order valence-corrected chi connectivity index (χ4v) is 3.99. The highest BCUT2D eigenvalue weighted by molar-refractivity contribution is 6.00. The molecule has 2 aromatic heterocycles. The van der Waals surface area contributed by atoms with Crippen LogP contribution in [0.5, 0.6) is 0 Å². The van der Waals surface area contributed by atoms with E-state index < -0.39 is 6.17 Å². The van der Waals surface area contributed by atoms with E-state index in [1.165, 1.54) is 11.1 Å². The first-order valence-corrected chi connectivity index (χ1v) is 11.7. The highest BCUT2D eigenvalue weighted by Crippen LogP contribution is 2.15. The van der Waals surface area contributed by atoms with Crippen molar-refractivity contribution in [1.29, 1.82) is 0 Å². The molecule has 0 saturated heterocycles. The Kier molecular flexibility index (Phi) is 6.99. The van der Waals surface area contributed by atoms with Gasteiger partial charge in [0.05, 0.1) is 6.54 Å². The second-order valence-corrected chi connectivity index (χ2v) is 9.12. The molecule has 0 radical (unpaired) electrons. The number of rotatable bonds is 6. The Balaban J connectivity index is 1.57. The minimum Gasteiger partial charge on any atom is -0.370 e. The van der Waals surface area contributed by atoms with Gasteiger partial charge in [-0.3, -0.25) is 10.6 Å². The quantitative estimate of drug-likeness (QED) is 0.413. The van der Waals surface area contributed by atoms with Gasteiger partial charge in [0.25, 0.3) is 0 Å². The fraction of sp³-hybridized carbons (Fsp3) is 0.478. The lowest BCUT2D eigenvalue weighted by atomic mass is 10.2. The summed E-state index contributed by atoms with van der Waals surface area (Å²) in [6, 6.07) is 4.15. The monoisotopic (exact) mass is 480 g/mol. The van der Waals surface area contributed by atoms with Gasteiger partial charge < -0.3 is 30.4 Å². The van der Waals surface area contributed by atoms with Gasteiger partial charge in [-0.1, -0.05) is 0 Å².